The molecule has 8 heteroatoms. The zero-order valence-corrected chi connectivity index (χ0v) is 11.6. The summed E-state index contributed by atoms with van der Waals surface area (Å²) >= 11 is 0. The first-order chi connectivity index (χ1) is 9.52. The number of carbonyl (C=O) groups excluding carboxylic acids is 2. The summed E-state index contributed by atoms with van der Waals surface area (Å²) in [7, 11) is 1.52. The van der Waals surface area contributed by atoms with Crippen LogP contribution < -0.4 is 10.6 Å². The lowest BCUT2D eigenvalue weighted by Crippen LogP contribution is -2.47. The number of amides is 3. The van der Waals surface area contributed by atoms with Gasteiger partial charge in [-0.3, -0.25) is 9.59 Å². The normalized spacial score (nSPS) is 13.7. The number of hydrogen-bond donors (Lipinski definition) is 3. The molecule has 3 amide bonds. The second-order valence-electron chi connectivity index (χ2n) is 4.72. The first-order valence-electron chi connectivity index (χ1n) is 6.53. The lowest BCUT2D eigenvalue weighted by Gasteiger charge is -2.20. The fourth-order valence-corrected chi connectivity index (χ4v) is 1.62. The van der Waals surface area contributed by atoms with Crippen LogP contribution in [0.1, 0.15) is 12.8 Å². The second-order valence-corrected chi connectivity index (χ2v) is 4.72. The van der Waals surface area contributed by atoms with E-state index in [9.17, 15) is 14.4 Å². The van der Waals surface area contributed by atoms with Gasteiger partial charge in [0, 0.05) is 20.2 Å². The number of methoxy groups -OCH3 is 1. The molecule has 0 aromatic rings. The summed E-state index contributed by atoms with van der Waals surface area (Å²) in [6, 6.07) is -0.527. The average Bonchev–Trinajstić information content (AvgIpc) is 3.19. The third-order valence-electron chi connectivity index (χ3n) is 2.82. The largest absolute Gasteiger partial charge is 0.480 e. The Bertz CT molecular complexity index is 357. The molecule has 1 aliphatic carbocycles. The van der Waals surface area contributed by atoms with E-state index >= 15 is 0 Å². The highest BCUT2D eigenvalue weighted by Gasteiger charge is 2.28. The minimum Gasteiger partial charge on any atom is -0.480 e. The first-order valence-corrected chi connectivity index (χ1v) is 6.53. The van der Waals surface area contributed by atoms with Crippen LogP contribution in [0, 0.1) is 5.92 Å². The van der Waals surface area contributed by atoms with E-state index < -0.39 is 12.0 Å². The van der Waals surface area contributed by atoms with Crippen LogP contribution in [0.25, 0.3) is 0 Å². The minimum absolute atomic E-state index is 0.177. The van der Waals surface area contributed by atoms with Crippen molar-refractivity contribution in [2.45, 2.75) is 12.8 Å². The number of hydrogen-bond acceptors (Lipinski definition) is 4. The predicted octanol–water partition coefficient (Wildman–Crippen LogP) is -0.745. The molecule has 1 aliphatic rings. The van der Waals surface area contributed by atoms with E-state index in [-0.39, 0.29) is 19.0 Å². The van der Waals surface area contributed by atoms with Crippen molar-refractivity contribution >= 4 is 17.9 Å². The summed E-state index contributed by atoms with van der Waals surface area (Å²) in [6.45, 7) is 0.652. The molecule has 1 fully saturated rings. The lowest BCUT2D eigenvalue weighted by atomic mass is 10.3. The van der Waals surface area contributed by atoms with Crippen molar-refractivity contribution in [2.24, 2.45) is 5.92 Å². The molecule has 0 heterocycles. The maximum atomic E-state index is 11.8. The topological polar surface area (TPSA) is 108 Å². The highest BCUT2D eigenvalue weighted by molar-refractivity contribution is 5.85. The van der Waals surface area contributed by atoms with E-state index in [1.165, 1.54) is 12.0 Å². The molecule has 0 saturated heterocycles. The van der Waals surface area contributed by atoms with Crippen LogP contribution in [0.4, 0.5) is 4.79 Å². The molecule has 0 unspecified atom stereocenters. The van der Waals surface area contributed by atoms with Crippen LogP contribution in [0.15, 0.2) is 0 Å². The summed E-state index contributed by atoms with van der Waals surface area (Å²) in [4.78, 5) is 35.1. The smallest absolute Gasteiger partial charge is 0.323 e. The Balaban J connectivity index is 2.29. The van der Waals surface area contributed by atoms with Crippen LogP contribution in [-0.4, -0.2) is 67.8 Å². The number of rotatable bonds is 9. The van der Waals surface area contributed by atoms with E-state index in [1.54, 1.807) is 0 Å². The van der Waals surface area contributed by atoms with Gasteiger partial charge >= 0.3 is 12.0 Å². The minimum atomic E-state index is -1.06. The van der Waals surface area contributed by atoms with Crippen LogP contribution in [0.5, 0.6) is 0 Å². The third-order valence-corrected chi connectivity index (χ3v) is 2.82. The molecule has 1 saturated carbocycles. The zero-order chi connectivity index (χ0) is 15.0. The maximum absolute atomic E-state index is 11.8. The fourth-order valence-electron chi connectivity index (χ4n) is 1.62. The summed E-state index contributed by atoms with van der Waals surface area (Å²) in [6.07, 6.45) is 2.03. The standard InChI is InChI=1S/C12H21N3O5/c1-20-5-4-13-10(16)6-14-12(19)15(8-11(17)18)7-9-2-3-9/h9H,2-8H2,1H3,(H,13,16)(H,14,19)(H,17,18). The van der Waals surface area contributed by atoms with E-state index in [0.717, 1.165) is 12.8 Å². The molecule has 0 aromatic carbocycles. The van der Waals surface area contributed by atoms with Crippen LogP contribution in [0.2, 0.25) is 0 Å². The molecule has 0 aromatic heterocycles. The first kappa shape index (κ1) is 16.2. The molecule has 0 aliphatic heterocycles. The van der Waals surface area contributed by atoms with Gasteiger partial charge in [0.1, 0.15) is 6.54 Å². The number of nitrogens with zero attached hydrogens (tertiary/aromatic N) is 1. The van der Waals surface area contributed by atoms with Crippen molar-refractivity contribution in [3.8, 4) is 0 Å². The van der Waals surface area contributed by atoms with Gasteiger partial charge in [-0.25, -0.2) is 4.79 Å². The molecule has 0 atom stereocenters. The fraction of sp³-hybridized carbons (Fsp3) is 0.750. The number of urea groups is 1. The summed E-state index contributed by atoms with van der Waals surface area (Å²) < 4.78 is 4.77. The van der Waals surface area contributed by atoms with Crippen LogP contribution in [0.3, 0.4) is 0 Å². The molecule has 0 bridgehead atoms. The van der Waals surface area contributed by atoms with E-state index in [1.807, 2.05) is 0 Å². The van der Waals surface area contributed by atoms with Gasteiger partial charge in [-0.15, -0.1) is 0 Å². The molecule has 20 heavy (non-hydrogen) atoms. The predicted molar refractivity (Wildman–Crippen MR) is 70.2 cm³/mol. The Morgan fingerprint density at radius 3 is 2.55 bits per heavy atom. The maximum Gasteiger partial charge on any atom is 0.323 e. The SMILES string of the molecule is COCCNC(=O)CNC(=O)N(CC(=O)O)CC1CC1. The van der Waals surface area contributed by atoms with Crippen molar-refractivity contribution in [1.29, 1.82) is 0 Å². The van der Waals surface area contributed by atoms with Gasteiger partial charge < -0.3 is 25.4 Å². The number of carbonyl (C=O) groups is 3. The molecule has 114 valence electrons. The third kappa shape index (κ3) is 6.93. The van der Waals surface area contributed by atoms with E-state index in [0.29, 0.717) is 25.6 Å². The Labute approximate surface area is 117 Å². The zero-order valence-electron chi connectivity index (χ0n) is 11.6. The van der Waals surface area contributed by atoms with Gasteiger partial charge in [0.05, 0.1) is 13.2 Å². The number of aliphatic carboxylic acids is 1. The van der Waals surface area contributed by atoms with Gasteiger partial charge in [-0.05, 0) is 18.8 Å². The number of carboxylic acids is 1. The summed E-state index contributed by atoms with van der Waals surface area (Å²) in [5.41, 5.74) is 0. The number of ether oxygens (including phenoxy) is 1. The molecule has 3 N–H and O–H groups in total. The molecule has 1 rings (SSSR count). The molecular formula is C12H21N3O5. The lowest BCUT2D eigenvalue weighted by molar-refractivity contribution is -0.137. The average molecular weight is 287 g/mol. The van der Waals surface area contributed by atoms with Gasteiger partial charge in [0.15, 0.2) is 0 Å². The molecule has 0 spiro atoms. The van der Waals surface area contributed by atoms with Gasteiger partial charge in [-0.2, -0.15) is 0 Å². The quantitative estimate of drug-likeness (QED) is 0.484. The van der Waals surface area contributed by atoms with Crippen molar-refractivity contribution in [1.82, 2.24) is 15.5 Å². The van der Waals surface area contributed by atoms with Crippen LogP contribution in [-0.2, 0) is 14.3 Å². The highest BCUT2D eigenvalue weighted by atomic mass is 16.5. The summed E-state index contributed by atoms with van der Waals surface area (Å²) in [5.74, 6) is -1.02. The summed E-state index contributed by atoms with van der Waals surface area (Å²) in [5, 5.41) is 13.7. The molecule has 8 nitrogen and oxygen atoms in total. The van der Waals surface area contributed by atoms with E-state index in [4.69, 9.17) is 9.84 Å². The van der Waals surface area contributed by atoms with Gasteiger partial charge in [-0.1, -0.05) is 0 Å². The van der Waals surface area contributed by atoms with Crippen molar-refractivity contribution in [2.75, 3.05) is 39.9 Å². The Hall–Kier alpha value is -1.83. The van der Waals surface area contributed by atoms with Crippen LogP contribution >= 0.6 is 0 Å². The highest BCUT2D eigenvalue weighted by Crippen LogP contribution is 2.29. The Morgan fingerprint density at radius 2 is 2.00 bits per heavy atom. The number of nitrogens with one attached hydrogen (secondary N) is 2. The van der Waals surface area contributed by atoms with Crippen molar-refractivity contribution in [3.05, 3.63) is 0 Å². The Kier molecular flexibility index (Phi) is 6.78. The Morgan fingerprint density at radius 1 is 1.30 bits per heavy atom. The van der Waals surface area contributed by atoms with E-state index in [2.05, 4.69) is 10.6 Å². The van der Waals surface area contributed by atoms with Crippen molar-refractivity contribution < 1.29 is 24.2 Å². The molecule has 0 radical (unpaired) electrons. The number of carboxylic acid groups (broad SMARTS) is 1. The van der Waals surface area contributed by atoms with Gasteiger partial charge in [0.25, 0.3) is 0 Å². The van der Waals surface area contributed by atoms with Gasteiger partial charge in [0.2, 0.25) is 5.91 Å². The monoisotopic (exact) mass is 287 g/mol. The van der Waals surface area contributed by atoms with Crippen molar-refractivity contribution in [3.63, 3.8) is 0 Å². The molecular weight excluding hydrogens is 266 g/mol. The second kappa shape index (κ2) is 8.36.